The predicted molar refractivity (Wildman–Crippen MR) is 91.3 cm³/mol. The van der Waals surface area contributed by atoms with Crippen molar-refractivity contribution in [2.45, 2.75) is 23.3 Å². The number of hydrogen-bond donors (Lipinski definition) is 1. The lowest BCUT2D eigenvalue weighted by Crippen LogP contribution is -2.03. The Morgan fingerprint density at radius 2 is 1.90 bits per heavy atom. The maximum atomic E-state index is 6.21. The minimum absolute atomic E-state index is 0.545. The molecule has 0 saturated carbocycles. The fourth-order valence-corrected chi connectivity index (χ4v) is 3.10. The van der Waals surface area contributed by atoms with E-state index in [9.17, 15) is 0 Å². The molecule has 0 aliphatic carbocycles. The summed E-state index contributed by atoms with van der Waals surface area (Å²) >= 11 is 17.3. The molecule has 20 heavy (non-hydrogen) atoms. The lowest BCUT2D eigenvalue weighted by Gasteiger charge is -2.10. The van der Waals surface area contributed by atoms with Gasteiger partial charge < -0.3 is 5.32 Å². The number of nitrogens with zero attached hydrogens (tertiary/aromatic N) is 1. The van der Waals surface area contributed by atoms with Crippen LogP contribution in [0.3, 0.4) is 0 Å². The van der Waals surface area contributed by atoms with E-state index in [1.165, 1.54) is 11.8 Å². The van der Waals surface area contributed by atoms with E-state index < -0.39 is 0 Å². The van der Waals surface area contributed by atoms with Crippen molar-refractivity contribution in [2.24, 2.45) is 0 Å². The van der Waals surface area contributed by atoms with Crippen LogP contribution in [-0.4, -0.2) is 11.5 Å². The highest BCUT2D eigenvalue weighted by atomic mass is 79.9. The van der Waals surface area contributed by atoms with Crippen LogP contribution in [0.25, 0.3) is 0 Å². The zero-order valence-corrected chi connectivity index (χ0v) is 14.7. The molecule has 2 rings (SSSR count). The van der Waals surface area contributed by atoms with Crippen LogP contribution >= 0.6 is 50.9 Å². The largest absolute Gasteiger partial charge is 0.369 e. The molecule has 1 aromatic carbocycles. The van der Waals surface area contributed by atoms with Gasteiger partial charge >= 0.3 is 0 Å². The van der Waals surface area contributed by atoms with Crippen molar-refractivity contribution in [1.82, 2.24) is 4.98 Å². The summed E-state index contributed by atoms with van der Waals surface area (Å²) in [5.74, 6) is 0.678. The molecule has 0 spiro atoms. The maximum Gasteiger partial charge on any atom is 0.146 e. The maximum absolute atomic E-state index is 6.21. The van der Waals surface area contributed by atoms with Crippen LogP contribution in [0.15, 0.2) is 44.7 Å². The Hall–Kier alpha value is -0.420. The Morgan fingerprint density at radius 1 is 1.20 bits per heavy atom. The molecule has 0 radical (unpaired) electrons. The zero-order chi connectivity index (χ0) is 14.5. The summed E-state index contributed by atoms with van der Waals surface area (Å²) in [4.78, 5) is 5.58. The Bertz CT molecular complexity index is 590. The number of hydrogen-bond acceptors (Lipinski definition) is 3. The van der Waals surface area contributed by atoms with E-state index in [1.807, 2.05) is 24.3 Å². The van der Waals surface area contributed by atoms with Gasteiger partial charge in [-0.1, -0.05) is 57.8 Å². The van der Waals surface area contributed by atoms with E-state index in [2.05, 4.69) is 33.2 Å². The van der Waals surface area contributed by atoms with Gasteiger partial charge in [-0.15, -0.1) is 0 Å². The molecular formula is C14H13BrCl2N2S. The molecule has 0 saturated heterocycles. The molecule has 0 unspecified atom stereocenters. The molecule has 0 aliphatic heterocycles. The van der Waals surface area contributed by atoms with Crippen molar-refractivity contribution >= 4 is 56.7 Å². The van der Waals surface area contributed by atoms with Crippen LogP contribution in [0.4, 0.5) is 5.82 Å². The Kier molecular flexibility index (Phi) is 6.02. The standard InChI is InChI=1S/C14H13BrCl2N2S/c1-2-7-18-13-11(16)8-12(17)14(19-13)20-10-5-3-9(15)4-6-10/h3-6,8H,2,7H2,1H3,(H,18,19). The summed E-state index contributed by atoms with van der Waals surface area (Å²) in [5, 5.41) is 5.05. The predicted octanol–water partition coefficient (Wildman–Crippen LogP) is 6.12. The van der Waals surface area contributed by atoms with Gasteiger partial charge in [0.25, 0.3) is 0 Å². The van der Waals surface area contributed by atoms with Crippen molar-refractivity contribution in [3.63, 3.8) is 0 Å². The van der Waals surface area contributed by atoms with Crippen molar-refractivity contribution in [3.05, 3.63) is 44.8 Å². The number of nitrogens with one attached hydrogen (secondary N) is 1. The second-order valence-electron chi connectivity index (χ2n) is 4.09. The van der Waals surface area contributed by atoms with Crippen LogP contribution in [-0.2, 0) is 0 Å². The molecule has 1 heterocycles. The minimum Gasteiger partial charge on any atom is -0.369 e. The molecular weight excluding hydrogens is 379 g/mol. The van der Waals surface area contributed by atoms with Crippen LogP contribution in [0, 0.1) is 0 Å². The highest BCUT2D eigenvalue weighted by Gasteiger charge is 2.10. The summed E-state index contributed by atoms with van der Waals surface area (Å²) in [6.07, 6.45) is 1.01. The summed E-state index contributed by atoms with van der Waals surface area (Å²) < 4.78 is 1.04. The van der Waals surface area contributed by atoms with E-state index >= 15 is 0 Å². The summed E-state index contributed by atoms with van der Waals surface area (Å²) in [5.41, 5.74) is 0. The zero-order valence-electron chi connectivity index (χ0n) is 10.8. The van der Waals surface area contributed by atoms with Gasteiger partial charge in [-0.2, -0.15) is 0 Å². The molecule has 106 valence electrons. The van der Waals surface area contributed by atoms with Gasteiger partial charge in [-0.25, -0.2) is 4.98 Å². The van der Waals surface area contributed by atoms with E-state index in [-0.39, 0.29) is 0 Å². The van der Waals surface area contributed by atoms with Crippen molar-refractivity contribution in [2.75, 3.05) is 11.9 Å². The molecule has 0 aliphatic rings. The number of pyridine rings is 1. The minimum atomic E-state index is 0.545. The average molecular weight is 392 g/mol. The number of anilines is 1. The molecule has 0 amide bonds. The number of halogens is 3. The molecule has 2 aromatic rings. The number of aromatic nitrogens is 1. The molecule has 0 fully saturated rings. The molecule has 6 heteroatoms. The van der Waals surface area contributed by atoms with Crippen LogP contribution in [0.5, 0.6) is 0 Å². The second-order valence-corrected chi connectivity index (χ2v) is 6.88. The second kappa shape index (κ2) is 7.55. The Balaban J connectivity index is 2.24. The summed E-state index contributed by atoms with van der Waals surface area (Å²) in [7, 11) is 0. The monoisotopic (exact) mass is 390 g/mol. The van der Waals surface area contributed by atoms with Gasteiger partial charge in [0.05, 0.1) is 10.0 Å². The number of benzene rings is 1. The van der Waals surface area contributed by atoms with Gasteiger partial charge in [-0.05, 0) is 36.8 Å². The summed E-state index contributed by atoms with van der Waals surface area (Å²) in [6.45, 7) is 2.92. The SMILES string of the molecule is CCCNc1nc(Sc2ccc(Br)cc2)c(Cl)cc1Cl. The van der Waals surface area contributed by atoms with E-state index in [4.69, 9.17) is 23.2 Å². The van der Waals surface area contributed by atoms with E-state index in [0.29, 0.717) is 15.9 Å². The summed E-state index contributed by atoms with van der Waals surface area (Å²) in [6, 6.07) is 9.74. The third kappa shape index (κ3) is 4.29. The third-order valence-electron chi connectivity index (χ3n) is 2.47. The van der Waals surface area contributed by atoms with Gasteiger partial charge in [0.1, 0.15) is 10.8 Å². The first-order valence-corrected chi connectivity index (χ1v) is 8.50. The van der Waals surface area contributed by atoms with Gasteiger partial charge in [-0.3, -0.25) is 0 Å². The highest BCUT2D eigenvalue weighted by molar-refractivity contribution is 9.10. The van der Waals surface area contributed by atoms with Crippen LogP contribution in [0.1, 0.15) is 13.3 Å². The topological polar surface area (TPSA) is 24.9 Å². The van der Waals surface area contributed by atoms with E-state index in [0.717, 1.165) is 27.4 Å². The fourth-order valence-electron chi connectivity index (χ4n) is 1.50. The van der Waals surface area contributed by atoms with E-state index in [1.54, 1.807) is 6.07 Å². The van der Waals surface area contributed by atoms with Crippen LogP contribution in [0.2, 0.25) is 10.0 Å². The van der Waals surface area contributed by atoms with Crippen molar-refractivity contribution in [1.29, 1.82) is 0 Å². The highest BCUT2D eigenvalue weighted by Crippen LogP contribution is 2.36. The molecule has 1 aromatic heterocycles. The quantitative estimate of drug-likeness (QED) is 0.663. The average Bonchev–Trinajstić information content (AvgIpc) is 2.43. The van der Waals surface area contributed by atoms with Crippen LogP contribution < -0.4 is 5.32 Å². The molecule has 2 nitrogen and oxygen atoms in total. The molecule has 0 atom stereocenters. The first-order valence-electron chi connectivity index (χ1n) is 6.13. The first kappa shape index (κ1) is 16.0. The van der Waals surface area contributed by atoms with Crippen molar-refractivity contribution in [3.8, 4) is 0 Å². The lowest BCUT2D eigenvalue weighted by molar-refractivity contribution is 0.960. The van der Waals surface area contributed by atoms with Gasteiger partial charge in [0.15, 0.2) is 0 Å². The Morgan fingerprint density at radius 3 is 2.55 bits per heavy atom. The first-order chi connectivity index (χ1) is 9.60. The normalized spacial score (nSPS) is 10.6. The third-order valence-corrected chi connectivity index (χ3v) is 4.70. The molecule has 0 bridgehead atoms. The lowest BCUT2D eigenvalue weighted by atomic mass is 10.4. The van der Waals surface area contributed by atoms with Gasteiger partial charge in [0.2, 0.25) is 0 Å². The van der Waals surface area contributed by atoms with Gasteiger partial charge in [0, 0.05) is 15.9 Å². The number of rotatable bonds is 5. The fraction of sp³-hybridized carbons (Fsp3) is 0.214. The van der Waals surface area contributed by atoms with Crippen molar-refractivity contribution < 1.29 is 0 Å². The smallest absolute Gasteiger partial charge is 0.146 e. The molecule has 1 N–H and O–H groups in total. The Labute approximate surface area is 141 Å².